The van der Waals surface area contributed by atoms with Crippen molar-refractivity contribution in [2.24, 2.45) is 11.7 Å². The van der Waals surface area contributed by atoms with Crippen LogP contribution in [0.1, 0.15) is 65.2 Å². The van der Waals surface area contributed by atoms with E-state index in [0.29, 0.717) is 6.04 Å². The molecule has 20 heavy (non-hydrogen) atoms. The topological polar surface area (TPSA) is 64.4 Å². The van der Waals surface area contributed by atoms with Crippen molar-refractivity contribution < 1.29 is 9.53 Å². The van der Waals surface area contributed by atoms with Gasteiger partial charge < -0.3 is 15.8 Å². The molecule has 0 radical (unpaired) electrons. The molecule has 4 nitrogen and oxygen atoms in total. The standard InChI is InChI=1S/C16H30N2O2/c1-3-16(4-2)11-14(9-10-20-16)18-15(19)12-5-7-13(17)8-6-12/h12-14H,3-11,17H2,1-2H3,(H,18,19). The van der Waals surface area contributed by atoms with E-state index in [1.165, 1.54) is 0 Å². The van der Waals surface area contributed by atoms with Crippen molar-refractivity contribution in [1.29, 1.82) is 0 Å². The largest absolute Gasteiger partial charge is 0.375 e. The van der Waals surface area contributed by atoms with Crippen LogP contribution in [0.4, 0.5) is 0 Å². The molecule has 0 aromatic rings. The fourth-order valence-corrected chi connectivity index (χ4v) is 3.59. The van der Waals surface area contributed by atoms with Gasteiger partial charge in [-0.25, -0.2) is 0 Å². The maximum absolute atomic E-state index is 12.4. The average molecular weight is 282 g/mol. The van der Waals surface area contributed by atoms with Crippen molar-refractivity contribution in [2.45, 2.75) is 82.9 Å². The molecule has 1 atom stereocenters. The molecule has 3 N–H and O–H groups in total. The summed E-state index contributed by atoms with van der Waals surface area (Å²) < 4.78 is 5.97. The van der Waals surface area contributed by atoms with Crippen LogP contribution in [-0.4, -0.2) is 30.2 Å². The van der Waals surface area contributed by atoms with Gasteiger partial charge in [0, 0.05) is 24.6 Å². The number of carbonyl (C=O) groups is 1. The van der Waals surface area contributed by atoms with E-state index in [2.05, 4.69) is 19.2 Å². The van der Waals surface area contributed by atoms with Crippen molar-refractivity contribution in [2.75, 3.05) is 6.61 Å². The van der Waals surface area contributed by atoms with Crippen molar-refractivity contribution >= 4 is 5.91 Å². The van der Waals surface area contributed by atoms with Crippen molar-refractivity contribution in [3.63, 3.8) is 0 Å². The van der Waals surface area contributed by atoms with Gasteiger partial charge in [0.1, 0.15) is 0 Å². The lowest BCUT2D eigenvalue weighted by molar-refractivity contribution is -0.130. The summed E-state index contributed by atoms with van der Waals surface area (Å²) in [5, 5.41) is 3.27. The molecule has 4 heteroatoms. The van der Waals surface area contributed by atoms with E-state index >= 15 is 0 Å². The van der Waals surface area contributed by atoms with E-state index in [-0.39, 0.29) is 23.5 Å². The smallest absolute Gasteiger partial charge is 0.223 e. The van der Waals surface area contributed by atoms with E-state index in [1.807, 2.05) is 0 Å². The van der Waals surface area contributed by atoms with Gasteiger partial charge in [0.05, 0.1) is 5.60 Å². The predicted molar refractivity (Wildman–Crippen MR) is 80.4 cm³/mol. The van der Waals surface area contributed by atoms with Crippen molar-refractivity contribution in [3.05, 3.63) is 0 Å². The summed E-state index contributed by atoms with van der Waals surface area (Å²) in [4.78, 5) is 12.4. The summed E-state index contributed by atoms with van der Waals surface area (Å²) in [7, 11) is 0. The Hall–Kier alpha value is -0.610. The third kappa shape index (κ3) is 3.73. The SMILES string of the molecule is CCC1(CC)CC(NC(=O)C2CCC(N)CC2)CCO1. The van der Waals surface area contributed by atoms with Crippen molar-refractivity contribution in [1.82, 2.24) is 5.32 Å². The molecule has 2 fully saturated rings. The normalized spacial score (nSPS) is 33.6. The third-order valence-electron chi connectivity index (χ3n) is 5.27. The lowest BCUT2D eigenvalue weighted by Crippen LogP contribution is -2.49. The molecule has 1 heterocycles. The van der Waals surface area contributed by atoms with Crippen LogP contribution in [0.15, 0.2) is 0 Å². The van der Waals surface area contributed by atoms with Crippen LogP contribution < -0.4 is 11.1 Å². The highest BCUT2D eigenvalue weighted by Gasteiger charge is 2.36. The van der Waals surface area contributed by atoms with Crippen LogP contribution >= 0.6 is 0 Å². The second kappa shape index (κ2) is 6.90. The molecule has 0 bridgehead atoms. The summed E-state index contributed by atoms with van der Waals surface area (Å²) in [6.07, 6.45) is 7.81. The van der Waals surface area contributed by atoms with Crippen LogP contribution in [0.3, 0.4) is 0 Å². The minimum Gasteiger partial charge on any atom is -0.375 e. The number of nitrogens with two attached hydrogens (primary N) is 1. The molecule has 1 aliphatic carbocycles. The second-order valence-electron chi connectivity index (χ2n) is 6.55. The molecular formula is C16H30N2O2. The van der Waals surface area contributed by atoms with Gasteiger partial charge >= 0.3 is 0 Å². The highest BCUT2D eigenvalue weighted by Crippen LogP contribution is 2.32. The van der Waals surface area contributed by atoms with Gasteiger partial charge in [0.25, 0.3) is 0 Å². The molecule has 0 aromatic carbocycles. The Balaban J connectivity index is 1.84. The first-order chi connectivity index (χ1) is 9.58. The minimum absolute atomic E-state index is 0.0227. The summed E-state index contributed by atoms with van der Waals surface area (Å²) in [6.45, 7) is 5.12. The van der Waals surface area contributed by atoms with Gasteiger partial charge in [-0.05, 0) is 51.4 Å². The van der Waals surface area contributed by atoms with Gasteiger partial charge in [-0.3, -0.25) is 4.79 Å². The minimum atomic E-state index is -0.0227. The molecular weight excluding hydrogens is 252 g/mol. The Bertz CT molecular complexity index is 320. The summed E-state index contributed by atoms with van der Waals surface area (Å²) in [6, 6.07) is 0.585. The van der Waals surface area contributed by atoms with E-state index in [1.54, 1.807) is 0 Å². The Morgan fingerprint density at radius 1 is 1.20 bits per heavy atom. The summed E-state index contributed by atoms with van der Waals surface area (Å²) >= 11 is 0. The van der Waals surface area contributed by atoms with Gasteiger partial charge in [-0.2, -0.15) is 0 Å². The van der Waals surface area contributed by atoms with Crippen LogP contribution in [0.25, 0.3) is 0 Å². The molecule has 2 rings (SSSR count). The van der Waals surface area contributed by atoms with E-state index in [0.717, 1.165) is 58.0 Å². The second-order valence-corrected chi connectivity index (χ2v) is 6.55. The molecule has 1 saturated heterocycles. The molecule has 0 aromatic heterocycles. The van der Waals surface area contributed by atoms with Crippen LogP contribution in [0.5, 0.6) is 0 Å². The van der Waals surface area contributed by atoms with Crippen LogP contribution in [0, 0.1) is 5.92 Å². The molecule has 1 aliphatic heterocycles. The summed E-state index contributed by atoms with van der Waals surface area (Å²) in [5.74, 6) is 0.417. The monoisotopic (exact) mass is 282 g/mol. The Labute approximate surface area is 122 Å². The van der Waals surface area contributed by atoms with Gasteiger partial charge in [-0.15, -0.1) is 0 Å². The number of amides is 1. The first kappa shape index (κ1) is 15.8. The zero-order valence-corrected chi connectivity index (χ0v) is 13.0. The van der Waals surface area contributed by atoms with Gasteiger partial charge in [0.15, 0.2) is 0 Å². The van der Waals surface area contributed by atoms with Gasteiger partial charge in [0.2, 0.25) is 5.91 Å². The maximum Gasteiger partial charge on any atom is 0.223 e. The molecule has 116 valence electrons. The quantitative estimate of drug-likeness (QED) is 0.832. The molecule has 0 spiro atoms. The summed E-state index contributed by atoms with van der Waals surface area (Å²) in [5.41, 5.74) is 5.88. The number of hydrogen-bond acceptors (Lipinski definition) is 3. The molecule has 1 unspecified atom stereocenters. The fraction of sp³-hybridized carbons (Fsp3) is 0.938. The number of ether oxygens (including phenoxy) is 1. The molecule has 1 amide bonds. The Kier molecular flexibility index (Phi) is 5.44. The number of rotatable bonds is 4. The molecule has 1 saturated carbocycles. The maximum atomic E-state index is 12.4. The zero-order chi connectivity index (χ0) is 14.6. The van der Waals surface area contributed by atoms with Crippen LogP contribution in [-0.2, 0) is 9.53 Å². The lowest BCUT2D eigenvalue weighted by Gasteiger charge is -2.40. The van der Waals surface area contributed by atoms with E-state index < -0.39 is 0 Å². The van der Waals surface area contributed by atoms with E-state index in [4.69, 9.17) is 10.5 Å². The van der Waals surface area contributed by atoms with Crippen LogP contribution in [0.2, 0.25) is 0 Å². The first-order valence-corrected chi connectivity index (χ1v) is 8.28. The fourth-order valence-electron chi connectivity index (χ4n) is 3.59. The number of hydrogen-bond donors (Lipinski definition) is 2. The highest BCUT2D eigenvalue weighted by atomic mass is 16.5. The molecule has 2 aliphatic rings. The number of nitrogens with one attached hydrogen (secondary N) is 1. The highest BCUT2D eigenvalue weighted by molar-refractivity contribution is 5.79. The zero-order valence-electron chi connectivity index (χ0n) is 13.0. The Morgan fingerprint density at radius 2 is 1.85 bits per heavy atom. The van der Waals surface area contributed by atoms with E-state index in [9.17, 15) is 4.79 Å². The lowest BCUT2D eigenvalue weighted by atomic mass is 9.84. The predicted octanol–water partition coefficient (Wildman–Crippen LogP) is 2.36. The van der Waals surface area contributed by atoms with Crippen molar-refractivity contribution in [3.8, 4) is 0 Å². The Morgan fingerprint density at radius 3 is 2.45 bits per heavy atom. The van der Waals surface area contributed by atoms with Gasteiger partial charge in [-0.1, -0.05) is 13.8 Å². The third-order valence-corrected chi connectivity index (χ3v) is 5.27. The number of carbonyl (C=O) groups excluding carboxylic acids is 1. The average Bonchev–Trinajstić information content (AvgIpc) is 2.48. The first-order valence-electron chi connectivity index (χ1n) is 8.28.